The van der Waals surface area contributed by atoms with Gasteiger partial charge in [0.25, 0.3) is 0 Å². The van der Waals surface area contributed by atoms with E-state index in [-0.39, 0.29) is 5.78 Å². The lowest BCUT2D eigenvalue weighted by Gasteiger charge is -2.06. The summed E-state index contributed by atoms with van der Waals surface area (Å²) in [7, 11) is 1.60. The van der Waals surface area contributed by atoms with E-state index in [9.17, 15) is 4.79 Å². The number of carbonyl (C=O) groups is 1. The van der Waals surface area contributed by atoms with Gasteiger partial charge in [0.2, 0.25) is 5.78 Å². The van der Waals surface area contributed by atoms with Crippen molar-refractivity contribution in [3.8, 4) is 5.75 Å². The van der Waals surface area contributed by atoms with Crippen LogP contribution < -0.4 is 4.74 Å². The topological polar surface area (TPSA) is 26.3 Å². The molecule has 2 aromatic carbocycles. The SMILES string of the molecule is COc1csc(C(=O)c2ccc(Br)c3ccccc23)c1. The van der Waals surface area contributed by atoms with Gasteiger partial charge >= 0.3 is 0 Å². The molecule has 0 fully saturated rings. The van der Waals surface area contributed by atoms with Gasteiger partial charge in [-0.2, -0.15) is 0 Å². The molecule has 0 amide bonds. The molecule has 0 aliphatic carbocycles. The van der Waals surface area contributed by atoms with E-state index in [0.717, 1.165) is 21.0 Å². The number of ketones is 1. The minimum atomic E-state index is 0.0296. The van der Waals surface area contributed by atoms with Crippen molar-refractivity contribution < 1.29 is 9.53 Å². The zero-order valence-electron chi connectivity index (χ0n) is 10.7. The van der Waals surface area contributed by atoms with Gasteiger partial charge in [0.1, 0.15) is 5.75 Å². The van der Waals surface area contributed by atoms with Gasteiger partial charge in [0.15, 0.2) is 0 Å². The van der Waals surface area contributed by atoms with Crippen LogP contribution in [0.5, 0.6) is 5.75 Å². The summed E-state index contributed by atoms with van der Waals surface area (Å²) >= 11 is 4.93. The molecular formula is C16H11BrO2S. The molecule has 0 saturated heterocycles. The molecule has 0 atom stereocenters. The Labute approximate surface area is 129 Å². The molecule has 0 bridgehead atoms. The smallest absolute Gasteiger partial charge is 0.203 e. The molecular weight excluding hydrogens is 336 g/mol. The van der Waals surface area contributed by atoms with Crippen LogP contribution in [0.1, 0.15) is 15.2 Å². The highest BCUT2D eigenvalue weighted by Crippen LogP contribution is 2.30. The highest BCUT2D eigenvalue weighted by molar-refractivity contribution is 9.10. The van der Waals surface area contributed by atoms with Crippen molar-refractivity contribution in [2.45, 2.75) is 0 Å². The van der Waals surface area contributed by atoms with Crippen molar-refractivity contribution in [1.82, 2.24) is 0 Å². The molecule has 20 heavy (non-hydrogen) atoms. The number of thiophene rings is 1. The zero-order chi connectivity index (χ0) is 14.1. The predicted molar refractivity (Wildman–Crippen MR) is 86.0 cm³/mol. The number of hydrogen-bond acceptors (Lipinski definition) is 3. The van der Waals surface area contributed by atoms with Crippen LogP contribution in [0, 0.1) is 0 Å². The van der Waals surface area contributed by atoms with Crippen molar-refractivity contribution >= 4 is 43.8 Å². The number of methoxy groups -OCH3 is 1. The van der Waals surface area contributed by atoms with Gasteiger partial charge in [0.05, 0.1) is 12.0 Å². The molecule has 0 N–H and O–H groups in total. The van der Waals surface area contributed by atoms with Crippen LogP contribution in [0.4, 0.5) is 0 Å². The third kappa shape index (κ3) is 2.25. The van der Waals surface area contributed by atoms with Gasteiger partial charge in [0, 0.05) is 21.5 Å². The second-order valence-corrected chi connectivity index (χ2v) is 6.09. The molecule has 2 nitrogen and oxygen atoms in total. The Morgan fingerprint density at radius 1 is 1.15 bits per heavy atom. The number of carbonyl (C=O) groups excluding carboxylic acids is 1. The lowest BCUT2D eigenvalue weighted by molar-refractivity contribution is 0.104. The maximum Gasteiger partial charge on any atom is 0.203 e. The minimum Gasteiger partial charge on any atom is -0.496 e. The van der Waals surface area contributed by atoms with Crippen molar-refractivity contribution in [2.24, 2.45) is 0 Å². The minimum absolute atomic E-state index is 0.0296. The Hall–Kier alpha value is -1.65. The summed E-state index contributed by atoms with van der Waals surface area (Å²) in [5.41, 5.74) is 0.716. The summed E-state index contributed by atoms with van der Waals surface area (Å²) in [6.45, 7) is 0. The number of rotatable bonds is 3. The fourth-order valence-corrected chi connectivity index (χ4v) is 3.42. The molecule has 0 aliphatic rings. The Kier molecular flexibility index (Phi) is 3.59. The zero-order valence-corrected chi connectivity index (χ0v) is 13.1. The van der Waals surface area contributed by atoms with E-state index >= 15 is 0 Å². The molecule has 1 heterocycles. The van der Waals surface area contributed by atoms with Gasteiger partial charge in [-0.1, -0.05) is 40.2 Å². The van der Waals surface area contributed by atoms with Crippen LogP contribution in [-0.4, -0.2) is 12.9 Å². The Morgan fingerprint density at radius 2 is 1.90 bits per heavy atom. The fraction of sp³-hybridized carbons (Fsp3) is 0.0625. The lowest BCUT2D eigenvalue weighted by Crippen LogP contribution is -1.99. The van der Waals surface area contributed by atoms with Crippen molar-refractivity contribution in [3.05, 3.63) is 62.8 Å². The quantitative estimate of drug-likeness (QED) is 0.630. The molecule has 1 aromatic heterocycles. The summed E-state index contributed by atoms with van der Waals surface area (Å²) < 4.78 is 6.13. The van der Waals surface area contributed by atoms with Crippen LogP contribution in [0.15, 0.2) is 52.3 Å². The van der Waals surface area contributed by atoms with E-state index < -0.39 is 0 Å². The summed E-state index contributed by atoms with van der Waals surface area (Å²) in [5.74, 6) is 0.752. The molecule has 0 aliphatic heterocycles. The molecule has 3 rings (SSSR count). The van der Waals surface area contributed by atoms with Crippen LogP contribution in [0.2, 0.25) is 0 Å². The number of fused-ring (bicyclic) bond motifs is 1. The Bertz CT molecular complexity index is 792. The van der Waals surface area contributed by atoms with E-state index in [1.807, 2.05) is 41.8 Å². The maximum absolute atomic E-state index is 12.6. The lowest BCUT2D eigenvalue weighted by atomic mass is 10.0. The normalized spacial score (nSPS) is 10.7. The second-order valence-electron chi connectivity index (χ2n) is 4.32. The van der Waals surface area contributed by atoms with Gasteiger partial charge in [-0.15, -0.1) is 11.3 Å². The molecule has 4 heteroatoms. The predicted octanol–water partition coefficient (Wildman–Crippen LogP) is 4.90. The van der Waals surface area contributed by atoms with Gasteiger partial charge in [-0.3, -0.25) is 4.79 Å². The first kappa shape index (κ1) is 13.3. The monoisotopic (exact) mass is 346 g/mol. The first-order chi connectivity index (χ1) is 9.70. The first-order valence-corrected chi connectivity index (χ1v) is 7.72. The average Bonchev–Trinajstić information content (AvgIpc) is 2.96. The highest BCUT2D eigenvalue weighted by atomic mass is 79.9. The summed E-state index contributed by atoms with van der Waals surface area (Å²) in [6, 6.07) is 13.4. The molecule has 0 unspecified atom stereocenters. The van der Waals surface area contributed by atoms with Gasteiger partial charge < -0.3 is 4.74 Å². The summed E-state index contributed by atoms with van der Waals surface area (Å²) in [5, 5.41) is 3.84. The van der Waals surface area contributed by atoms with Gasteiger partial charge in [-0.05, 0) is 22.9 Å². The van der Waals surface area contributed by atoms with Gasteiger partial charge in [-0.25, -0.2) is 0 Å². The maximum atomic E-state index is 12.6. The molecule has 100 valence electrons. The molecule has 0 radical (unpaired) electrons. The Balaban J connectivity index is 2.14. The second kappa shape index (κ2) is 5.38. The number of halogens is 1. The van der Waals surface area contributed by atoms with Crippen LogP contribution in [0.3, 0.4) is 0 Å². The van der Waals surface area contributed by atoms with E-state index in [4.69, 9.17) is 4.74 Å². The number of hydrogen-bond donors (Lipinski definition) is 0. The Morgan fingerprint density at radius 3 is 2.60 bits per heavy atom. The van der Waals surface area contributed by atoms with Crippen molar-refractivity contribution in [3.63, 3.8) is 0 Å². The third-order valence-electron chi connectivity index (χ3n) is 3.15. The first-order valence-electron chi connectivity index (χ1n) is 6.05. The largest absolute Gasteiger partial charge is 0.496 e. The standard InChI is InChI=1S/C16H11BrO2S/c1-19-10-8-15(20-9-10)16(18)13-6-7-14(17)12-5-3-2-4-11(12)13/h2-9H,1H3. The van der Waals surface area contributed by atoms with Crippen LogP contribution in [-0.2, 0) is 0 Å². The van der Waals surface area contributed by atoms with Crippen LogP contribution in [0.25, 0.3) is 10.8 Å². The van der Waals surface area contributed by atoms with Crippen molar-refractivity contribution in [1.29, 1.82) is 0 Å². The average molecular weight is 347 g/mol. The highest BCUT2D eigenvalue weighted by Gasteiger charge is 2.15. The van der Waals surface area contributed by atoms with Crippen molar-refractivity contribution in [2.75, 3.05) is 7.11 Å². The molecule has 0 spiro atoms. The molecule has 3 aromatic rings. The fourth-order valence-electron chi connectivity index (χ4n) is 2.14. The van der Waals surface area contributed by atoms with Crippen LogP contribution >= 0.6 is 27.3 Å². The number of benzene rings is 2. The van der Waals surface area contributed by atoms with E-state index in [0.29, 0.717) is 10.4 Å². The van der Waals surface area contributed by atoms with E-state index in [1.165, 1.54) is 11.3 Å². The molecule has 0 saturated carbocycles. The number of ether oxygens (including phenoxy) is 1. The van der Waals surface area contributed by atoms with E-state index in [2.05, 4.69) is 15.9 Å². The summed E-state index contributed by atoms with van der Waals surface area (Å²) in [4.78, 5) is 13.3. The summed E-state index contributed by atoms with van der Waals surface area (Å²) in [6.07, 6.45) is 0. The third-order valence-corrected chi connectivity index (χ3v) is 4.75. The van der Waals surface area contributed by atoms with E-state index in [1.54, 1.807) is 13.2 Å².